The summed E-state index contributed by atoms with van der Waals surface area (Å²) in [6.07, 6.45) is 0.749. The van der Waals surface area contributed by atoms with Crippen LogP contribution in [0.5, 0.6) is 0 Å². The highest BCUT2D eigenvalue weighted by molar-refractivity contribution is 5.97. The number of piperazine rings is 1. The fourth-order valence-corrected chi connectivity index (χ4v) is 5.36. The fraction of sp³-hybridized carbons (Fsp3) is 0.562. The van der Waals surface area contributed by atoms with Crippen LogP contribution in [0.1, 0.15) is 63.9 Å². The molecule has 0 radical (unpaired) electrons. The van der Waals surface area contributed by atoms with Crippen LogP contribution in [0.3, 0.4) is 0 Å². The molecule has 2 saturated heterocycles. The van der Waals surface area contributed by atoms with Gasteiger partial charge in [-0.1, -0.05) is 30.3 Å². The summed E-state index contributed by atoms with van der Waals surface area (Å²) in [4.78, 5) is 69.9. The third-order valence-corrected chi connectivity index (χ3v) is 7.54. The van der Waals surface area contributed by atoms with E-state index in [0.717, 1.165) is 12.8 Å². The standard InChI is InChI=1S/C32H44N6O8/c1-5-44-31(43)46-37-18-16-36(17-19-37)30(42)24(13-14-27(40)45-32(2,3)4)34-29(41)25-20-26(38-15-9-12-23(38)21-39)35-28(33-25)22-10-7-6-8-11-22/h6-8,10-11,20,23-24,39H,5,9,12-19,21H2,1-4H3,(H,34,41)/t23-,24+/m1/s1. The van der Waals surface area contributed by atoms with Crippen molar-refractivity contribution in [2.75, 3.05) is 50.8 Å². The van der Waals surface area contributed by atoms with E-state index in [2.05, 4.69) is 10.3 Å². The molecule has 1 aromatic carbocycles. The Morgan fingerprint density at radius 3 is 2.41 bits per heavy atom. The average Bonchev–Trinajstić information content (AvgIpc) is 3.52. The Kier molecular flexibility index (Phi) is 11.9. The molecule has 0 bridgehead atoms. The third-order valence-electron chi connectivity index (χ3n) is 7.54. The van der Waals surface area contributed by atoms with Gasteiger partial charge in [0.15, 0.2) is 5.82 Å². The minimum atomic E-state index is -1.06. The Morgan fingerprint density at radius 2 is 1.76 bits per heavy atom. The van der Waals surface area contributed by atoms with E-state index in [4.69, 9.17) is 19.3 Å². The summed E-state index contributed by atoms with van der Waals surface area (Å²) < 4.78 is 10.3. The maximum atomic E-state index is 13.8. The van der Waals surface area contributed by atoms with Crippen LogP contribution in [0.2, 0.25) is 0 Å². The molecule has 0 saturated carbocycles. The van der Waals surface area contributed by atoms with E-state index in [1.54, 1.807) is 38.7 Å². The lowest BCUT2D eigenvalue weighted by molar-refractivity contribution is -0.158. The summed E-state index contributed by atoms with van der Waals surface area (Å²) in [7, 11) is 0. The Balaban J connectivity index is 1.56. The van der Waals surface area contributed by atoms with E-state index in [1.165, 1.54) is 5.06 Å². The number of carbonyl (C=O) groups excluding carboxylic acids is 4. The van der Waals surface area contributed by atoms with Crippen molar-refractivity contribution >= 4 is 29.8 Å². The van der Waals surface area contributed by atoms with Gasteiger partial charge < -0.3 is 34.5 Å². The van der Waals surface area contributed by atoms with Crippen LogP contribution < -0.4 is 10.2 Å². The van der Waals surface area contributed by atoms with Gasteiger partial charge in [0, 0.05) is 37.7 Å². The van der Waals surface area contributed by atoms with Gasteiger partial charge in [-0.05, 0) is 47.0 Å². The van der Waals surface area contributed by atoms with Crippen molar-refractivity contribution in [1.82, 2.24) is 25.2 Å². The smallest absolute Gasteiger partial charge is 0.460 e. The first kappa shape index (κ1) is 34.6. The molecule has 0 aliphatic carbocycles. The number of hydroxylamine groups is 2. The number of nitrogens with one attached hydrogen (secondary N) is 1. The largest absolute Gasteiger partial charge is 0.527 e. The predicted molar refractivity (Wildman–Crippen MR) is 168 cm³/mol. The number of aliphatic hydroxyl groups is 1. The first-order valence-electron chi connectivity index (χ1n) is 15.7. The SMILES string of the molecule is CCOC(=O)ON1CCN(C(=O)[C@H](CCC(=O)OC(C)(C)C)NC(=O)c2cc(N3CCC[C@@H]3CO)nc(-c3ccccc3)n2)CC1. The van der Waals surface area contributed by atoms with Crippen molar-refractivity contribution in [1.29, 1.82) is 0 Å². The summed E-state index contributed by atoms with van der Waals surface area (Å²) in [5, 5.41) is 14.2. The van der Waals surface area contributed by atoms with E-state index >= 15 is 0 Å². The fourth-order valence-electron chi connectivity index (χ4n) is 5.36. The van der Waals surface area contributed by atoms with Crippen molar-refractivity contribution in [2.45, 2.75) is 71.1 Å². The normalized spacial score (nSPS) is 17.7. The molecule has 3 heterocycles. The van der Waals surface area contributed by atoms with Gasteiger partial charge in [0.1, 0.15) is 23.2 Å². The number of anilines is 1. The molecular weight excluding hydrogens is 596 g/mol. The maximum absolute atomic E-state index is 13.8. The van der Waals surface area contributed by atoms with Gasteiger partial charge in [-0.3, -0.25) is 14.4 Å². The Labute approximate surface area is 269 Å². The molecule has 4 rings (SSSR count). The minimum absolute atomic E-state index is 0.00121. The highest BCUT2D eigenvalue weighted by Gasteiger charge is 2.32. The number of nitrogens with zero attached hydrogens (tertiary/aromatic N) is 5. The van der Waals surface area contributed by atoms with Crippen LogP contribution in [-0.4, -0.2) is 113 Å². The van der Waals surface area contributed by atoms with Gasteiger partial charge in [-0.25, -0.2) is 14.8 Å². The Bertz CT molecular complexity index is 1360. The Hall–Kier alpha value is -4.30. The lowest BCUT2D eigenvalue weighted by atomic mass is 10.1. The molecule has 0 spiro atoms. The van der Waals surface area contributed by atoms with E-state index in [9.17, 15) is 24.3 Å². The lowest BCUT2D eigenvalue weighted by Gasteiger charge is -2.35. The van der Waals surface area contributed by atoms with Crippen molar-refractivity contribution in [3.8, 4) is 11.4 Å². The molecule has 1 aromatic heterocycles. The zero-order valence-electron chi connectivity index (χ0n) is 26.9. The number of amides is 2. The minimum Gasteiger partial charge on any atom is -0.460 e. The third kappa shape index (κ3) is 9.60. The quantitative estimate of drug-likeness (QED) is 0.346. The van der Waals surface area contributed by atoms with Crippen LogP contribution in [0, 0.1) is 0 Å². The summed E-state index contributed by atoms with van der Waals surface area (Å²) in [6, 6.07) is 9.61. The maximum Gasteiger partial charge on any atom is 0.527 e. The molecule has 14 heteroatoms. The van der Waals surface area contributed by atoms with Gasteiger partial charge in [-0.15, -0.1) is 5.06 Å². The second kappa shape index (κ2) is 15.8. The van der Waals surface area contributed by atoms with Crippen molar-refractivity contribution in [3.05, 3.63) is 42.1 Å². The van der Waals surface area contributed by atoms with Gasteiger partial charge >= 0.3 is 12.1 Å². The molecule has 2 amide bonds. The summed E-state index contributed by atoms with van der Waals surface area (Å²) in [5.74, 6) is -0.643. The van der Waals surface area contributed by atoms with Gasteiger partial charge in [-0.2, -0.15) is 0 Å². The van der Waals surface area contributed by atoms with E-state index < -0.39 is 29.7 Å². The lowest BCUT2D eigenvalue weighted by Crippen LogP contribution is -2.55. The van der Waals surface area contributed by atoms with E-state index in [0.29, 0.717) is 23.8 Å². The van der Waals surface area contributed by atoms with E-state index in [-0.39, 0.29) is 69.9 Å². The highest BCUT2D eigenvalue weighted by Crippen LogP contribution is 2.27. The van der Waals surface area contributed by atoms with Crippen LogP contribution in [0.4, 0.5) is 10.6 Å². The molecule has 2 aromatic rings. The average molecular weight is 641 g/mol. The second-order valence-corrected chi connectivity index (χ2v) is 12.2. The number of hydrogen-bond acceptors (Lipinski definition) is 12. The van der Waals surface area contributed by atoms with E-state index in [1.807, 2.05) is 35.2 Å². The molecule has 46 heavy (non-hydrogen) atoms. The van der Waals surface area contributed by atoms with Crippen molar-refractivity contribution in [3.63, 3.8) is 0 Å². The molecule has 2 atom stereocenters. The number of benzene rings is 1. The highest BCUT2D eigenvalue weighted by atomic mass is 16.8. The van der Waals surface area contributed by atoms with Gasteiger partial charge in [0.05, 0.1) is 32.3 Å². The zero-order valence-corrected chi connectivity index (χ0v) is 26.9. The van der Waals surface area contributed by atoms with Crippen molar-refractivity contribution in [2.24, 2.45) is 0 Å². The molecular formula is C32H44N6O8. The predicted octanol–water partition coefficient (Wildman–Crippen LogP) is 2.56. The molecule has 0 unspecified atom stereocenters. The number of esters is 1. The van der Waals surface area contributed by atoms with Crippen LogP contribution in [-0.2, 0) is 23.9 Å². The van der Waals surface area contributed by atoms with Crippen LogP contribution in [0.15, 0.2) is 36.4 Å². The number of carbonyl (C=O) groups is 4. The number of aliphatic hydroxyl groups excluding tert-OH is 1. The molecule has 2 N–H and O–H groups in total. The van der Waals surface area contributed by atoms with Crippen LogP contribution in [0.25, 0.3) is 11.4 Å². The number of ether oxygens (including phenoxy) is 2. The van der Waals surface area contributed by atoms with Gasteiger partial charge in [0.25, 0.3) is 5.91 Å². The van der Waals surface area contributed by atoms with Crippen LogP contribution >= 0.6 is 0 Å². The first-order valence-corrected chi connectivity index (χ1v) is 15.7. The van der Waals surface area contributed by atoms with Gasteiger partial charge in [0.2, 0.25) is 5.91 Å². The first-order chi connectivity index (χ1) is 22.0. The summed E-state index contributed by atoms with van der Waals surface area (Å²) in [6.45, 7) is 8.68. The Morgan fingerprint density at radius 1 is 1.04 bits per heavy atom. The number of aromatic nitrogens is 2. The number of hydrogen-bond donors (Lipinski definition) is 2. The molecule has 14 nitrogen and oxygen atoms in total. The van der Waals surface area contributed by atoms with Crippen molar-refractivity contribution < 1.29 is 38.6 Å². The molecule has 250 valence electrons. The molecule has 2 fully saturated rings. The second-order valence-electron chi connectivity index (χ2n) is 12.2. The molecule has 2 aliphatic heterocycles. The summed E-state index contributed by atoms with van der Waals surface area (Å²) in [5.41, 5.74) is 0.0521. The zero-order chi connectivity index (χ0) is 33.3. The summed E-state index contributed by atoms with van der Waals surface area (Å²) >= 11 is 0. The molecule has 2 aliphatic rings. The monoisotopic (exact) mass is 640 g/mol. The number of rotatable bonds is 11. The topological polar surface area (TPSA) is 164 Å².